The van der Waals surface area contributed by atoms with Gasteiger partial charge in [-0.05, 0) is 48.0 Å². The Balaban J connectivity index is 1.69. The molecule has 1 N–H and O–H groups in total. The SMILES string of the molecule is COc1cccc(C(=O)CC2(O)C(=O)N(Cc3ccc(Cl)cc3)c3ccc(Cl)cc32)c1. The number of halogens is 2. The van der Waals surface area contributed by atoms with Crippen LogP contribution in [0.5, 0.6) is 5.75 Å². The second-order valence-electron chi connectivity index (χ2n) is 7.37. The third kappa shape index (κ3) is 4.04. The number of hydrogen-bond acceptors (Lipinski definition) is 4. The minimum Gasteiger partial charge on any atom is -0.497 e. The van der Waals surface area contributed by atoms with Crippen LogP contribution in [-0.2, 0) is 16.9 Å². The van der Waals surface area contributed by atoms with Gasteiger partial charge in [-0.2, -0.15) is 0 Å². The molecule has 0 spiro atoms. The number of rotatable bonds is 6. The fourth-order valence-electron chi connectivity index (χ4n) is 3.75. The zero-order valence-electron chi connectivity index (χ0n) is 16.6. The summed E-state index contributed by atoms with van der Waals surface area (Å²) in [5.41, 5.74) is -0.00451. The van der Waals surface area contributed by atoms with E-state index >= 15 is 0 Å². The van der Waals surface area contributed by atoms with Gasteiger partial charge in [0.05, 0.1) is 25.8 Å². The van der Waals surface area contributed by atoms with Crippen LogP contribution in [0.25, 0.3) is 0 Å². The molecule has 0 bridgehead atoms. The van der Waals surface area contributed by atoms with Crippen molar-refractivity contribution in [2.45, 2.75) is 18.6 Å². The molecule has 0 saturated carbocycles. The van der Waals surface area contributed by atoms with Crippen LogP contribution in [0, 0.1) is 0 Å². The van der Waals surface area contributed by atoms with Crippen molar-refractivity contribution in [3.8, 4) is 5.75 Å². The van der Waals surface area contributed by atoms with Crippen molar-refractivity contribution in [3.63, 3.8) is 0 Å². The average Bonchev–Trinajstić information content (AvgIpc) is 2.96. The van der Waals surface area contributed by atoms with E-state index in [1.807, 2.05) is 12.1 Å². The first kappa shape index (κ1) is 21.4. The largest absolute Gasteiger partial charge is 0.497 e. The van der Waals surface area contributed by atoms with Gasteiger partial charge in [-0.15, -0.1) is 0 Å². The Labute approximate surface area is 189 Å². The van der Waals surface area contributed by atoms with Crippen molar-refractivity contribution in [1.29, 1.82) is 0 Å². The summed E-state index contributed by atoms with van der Waals surface area (Å²) >= 11 is 12.1. The number of carbonyl (C=O) groups excluding carboxylic acids is 2. The molecule has 1 aliphatic heterocycles. The molecule has 0 fully saturated rings. The van der Waals surface area contributed by atoms with Gasteiger partial charge in [0.25, 0.3) is 5.91 Å². The van der Waals surface area contributed by atoms with Crippen LogP contribution < -0.4 is 9.64 Å². The van der Waals surface area contributed by atoms with Crippen LogP contribution in [0.1, 0.15) is 27.9 Å². The lowest BCUT2D eigenvalue weighted by Gasteiger charge is -2.23. The standard InChI is InChI=1S/C24H19Cl2NO4/c1-31-19-4-2-3-16(11-19)22(28)13-24(30)20-12-18(26)9-10-21(20)27(23(24)29)14-15-5-7-17(25)8-6-15/h2-12,30H,13-14H2,1H3. The molecule has 3 aromatic rings. The van der Waals surface area contributed by atoms with Gasteiger partial charge in [-0.25, -0.2) is 0 Å². The number of Topliss-reactive ketones (excluding diaryl/α,β-unsaturated/α-hetero) is 1. The molecule has 4 rings (SSSR count). The Bertz CT molecular complexity index is 1160. The number of ether oxygens (including phenoxy) is 1. The number of aliphatic hydroxyl groups is 1. The predicted octanol–water partition coefficient (Wildman–Crippen LogP) is 5.01. The smallest absolute Gasteiger partial charge is 0.264 e. The molecule has 1 amide bonds. The summed E-state index contributed by atoms with van der Waals surface area (Å²) in [5.74, 6) is -0.437. The van der Waals surface area contributed by atoms with E-state index in [9.17, 15) is 14.7 Å². The van der Waals surface area contributed by atoms with Gasteiger partial charge >= 0.3 is 0 Å². The fourth-order valence-corrected chi connectivity index (χ4v) is 4.05. The third-order valence-electron chi connectivity index (χ3n) is 5.36. The number of carbonyl (C=O) groups is 2. The molecule has 0 saturated heterocycles. The second-order valence-corrected chi connectivity index (χ2v) is 8.24. The summed E-state index contributed by atoms with van der Waals surface area (Å²) in [4.78, 5) is 27.8. The van der Waals surface area contributed by atoms with Crippen LogP contribution in [-0.4, -0.2) is 23.9 Å². The maximum Gasteiger partial charge on any atom is 0.264 e. The van der Waals surface area contributed by atoms with Gasteiger partial charge in [-0.3, -0.25) is 9.59 Å². The number of fused-ring (bicyclic) bond motifs is 1. The lowest BCUT2D eigenvalue weighted by Crippen LogP contribution is -2.41. The van der Waals surface area contributed by atoms with Crippen LogP contribution >= 0.6 is 23.2 Å². The van der Waals surface area contributed by atoms with Gasteiger partial charge in [0.2, 0.25) is 0 Å². The number of amides is 1. The Morgan fingerprint density at radius 3 is 2.45 bits per heavy atom. The number of hydrogen-bond donors (Lipinski definition) is 1. The zero-order chi connectivity index (χ0) is 22.2. The van der Waals surface area contributed by atoms with Crippen molar-refractivity contribution in [1.82, 2.24) is 0 Å². The van der Waals surface area contributed by atoms with E-state index in [0.29, 0.717) is 32.6 Å². The highest BCUT2D eigenvalue weighted by Gasteiger charge is 2.51. The first-order valence-electron chi connectivity index (χ1n) is 9.58. The van der Waals surface area contributed by atoms with Gasteiger partial charge in [0.1, 0.15) is 5.75 Å². The van der Waals surface area contributed by atoms with E-state index in [2.05, 4.69) is 0 Å². The molecule has 0 radical (unpaired) electrons. The third-order valence-corrected chi connectivity index (χ3v) is 5.84. The normalized spacial score (nSPS) is 17.5. The molecular weight excluding hydrogens is 437 g/mol. The van der Waals surface area contributed by atoms with Crippen molar-refractivity contribution in [2.24, 2.45) is 0 Å². The molecule has 5 nitrogen and oxygen atoms in total. The van der Waals surface area contributed by atoms with Crippen molar-refractivity contribution >= 4 is 40.6 Å². The monoisotopic (exact) mass is 455 g/mol. The first-order chi connectivity index (χ1) is 14.8. The second kappa shape index (κ2) is 8.35. The van der Waals surface area contributed by atoms with Crippen molar-refractivity contribution in [3.05, 3.63) is 93.5 Å². The summed E-state index contributed by atoms with van der Waals surface area (Å²) in [5, 5.41) is 12.4. The minimum atomic E-state index is -2.02. The molecular formula is C24H19Cl2NO4. The van der Waals surface area contributed by atoms with E-state index in [1.165, 1.54) is 18.1 Å². The number of anilines is 1. The molecule has 0 aromatic heterocycles. The summed E-state index contributed by atoms with van der Waals surface area (Å²) in [7, 11) is 1.50. The van der Waals surface area contributed by atoms with E-state index in [0.717, 1.165) is 5.56 Å². The fraction of sp³-hybridized carbons (Fsp3) is 0.167. The number of nitrogens with zero attached hydrogens (tertiary/aromatic N) is 1. The molecule has 158 valence electrons. The van der Waals surface area contributed by atoms with Gasteiger partial charge < -0.3 is 14.7 Å². The van der Waals surface area contributed by atoms with Gasteiger partial charge in [0, 0.05) is 21.2 Å². The maximum atomic E-state index is 13.4. The van der Waals surface area contributed by atoms with Crippen LogP contribution in [0.3, 0.4) is 0 Å². The molecule has 1 aliphatic rings. The van der Waals surface area contributed by atoms with Crippen molar-refractivity contribution < 1.29 is 19.4 Å². The molecule has 7 heteroatoms. The molecule has 1 heterocycles. The number of ketones is 1. The Morgan fingerprint density at radius 2 is 1.74 bits per heavy atom. The molecule has 1 atom stereocenters. The molecule has 31 heavy (non-hydrogen) atoms. The van der Waals surface area contributed by atoms with Crippen LogP contribution in [0.15, 0.2) is 66.7 Å². The van der Waals surface area contributed by atoms with Crippen molar-refractivity contribution in [2.75, 3.05) is 12.0 Å². The first-order valence-corrected chi connectivity index (χ1v) is 10.3. The summed E-state index contributed by atoms with van der Waals surface area (Å²) in [6, 6.07) is 18.6. The number of methoxy groups -OCH3 is 1. The van der Waals surface area contributed by atoms with E-state index < -0.39 is 17.9 Å². The quantitative estimate of drug-likeness (QED) is 0.530. The summed E-state index contributed by atoms with van der Waals surface area (Å²) in [6.45, 7) is 0.223. The Kier molecular flexibility index (Phi) is 5.75. The molecule has 1 unspecified atom stereocenters. The highest BCUT2D eigenvalue weighted by molar-refractivity contribution is 6.31. The molecule has 3 aromatic carbocycles. The lowest BCUT2D eigenvalue weighted by molar-refractivity contribution is -0.136. The Morgan fingerprint density at radius 1 is 1.03 bits per heavy atom. The average molecular weight is 456 g/mol. The maximum absolute atomic E-state index is 13.4. The lowest BCUT2D eigenvalue weighted by atomic mass is 9.88. The summed E-state index contributed by atoms with van der Waals surface area (Å²) < 4.78 is 5.17. The zero-order valence-corrected chi connectivity index (χ0v) is 18.2. The van der Waals surface area contributed by atoms with E-state index in [-0.39, 0.29) is 12.3 Å². The van der Waals surface area contributed by atoms with Gasteiger partial charge in [0.15, 0.2) is 11.4 Å². The highest BCUT2D eigenvalue weighted by atomic mass is 35.5. The molecule has 0 aliphatic carbocycles. The van der Waals surface area contributed by atoms with Crippen LogP contribution in [0.4, 0.5) is 5.69 Å². The number of benzene rings is 3. The minimum absolute atomic E-state index is 0.223. The van der Waals surface area contributed by atoms with E-state index in [1.54, 1.807) is 48.5 Å². The topological polar surface area (TPSA) is 66.8 Å². The Hall–Kier alpha value is -2.86. The van der Waals surface area contributed by atoms with Crippen LogP contribution in [0.2, 0.25) is 10.0 Å². The summed E-state index contributed by atoms with van der Waals surface area (Å²) in [6.07, 6.45) is -0.413. The predicted molar refractivity (Wildman–Crippen MR) is 120 cm³/mol. The highest BCUT2D eigenvalue weighted by Crippen LogP contribution is 2.44. The van der Waals surface area contributed by atoms with E-state index in [4.69, 9.17) is 27.9 Å². The van der Waals surface area contributed by atoms with Gasteiger partial charge in [-0.1, -0.05) is 47.5 Å².